The molecule has 0 aromatic rings. The molecule has 0 spiro atoms. The van der Waals surface area contributed by atoms with Crippen LogP contribution in [0.4, 0.5) is 4.39 Å². The molecule has 0 aliphatic carbocycles. The molecule has 0 bridgehead atoms. The van der Waals surface area contributed by atoms with Crippen LogP contribution in [0.5, 0.6) is 0 Å². The third-order valence-electron chi connectivity index (χ3n) is 3.45. The van der Waals surface area contributed by atoms with Crippen molar-refractivity contribution in [3.05, 3.63) is 0 Å². The van der Waals surface area contributed by atoms with E-state index in [9.17, 15) is 9.18 Å². The van der Waals surface area contributed by atoms with Gasteiger partial charge in [0.1, 0.15) is 11.4 Å². The van der Waals surface area contributed by atoms with Gasteiger partial charge in [0.05, 0.1) is 0 Å². The highest BCUT2D eigenvalue weighted by atomic mass is 32.2. The van der Waals surface area contributed by atoms with Gasteiger partial charge in [-0.1, -0.05) is 59.3 Å². The Morgan fingerprint density at radius 3 is 2.30 bits per heavy atom. The van der Waals surface area contributed by atoms with Crippen LogP contribution in [0.3, 0.4) is 0 Å². The summed E-state index contributed by atoms with van der Waals surface area (Å²) < 4.78 is 13.8. The van der Waals surface area contributed by atoms with Gasteiger partial charge in [0.25, 0.3) is 0 Å². The zero-order valence-electron chi connectivity index (χ0n) is 13.2. The van der Waals surface area contributed by atoms with E-state index < -0.39 is 12.1 Å². The lowest BCUT2D eigenvalue weighted by atomic mass is 10.1. The molecule has 1 N–H and O–H groups in total. The Bertz CT molecular complexity index is 249. The van der Waals surface area contributed by atoms with Crippen molar-refractivity contribution >= 4 is 17.7 Å². The van der Waals surface area contributed by atoms with Crippen LogP contribution in [-0.2, 0) is 4.79 Å². The van der Waals surface area contributed by atoms with Crippen molar-refractivity contribution in [2.45, 2.75) is 95.2 Å². The summed E-state index contributed by atoms with van der Waals surface area (Å²) in [6.07, 6.45) is 7.33. The minimum atomic E-state index is -0.782. The number of aliphatic carboxylic acids is 1. The van der Waals surface area contributed by atoms with Crippen LogP contribution in [0, 0.1) is 0 Å². The van der Waals surface area contributed by atoms with E-state index in [1.165, 1.54) is 24.6 Å². The summed E-state index contributed by atoms with van der Waals surface area (Å²) >= 11 is 1.43. The first kappa shape index (κ1) is 19.8. The van der Waals surface area contributed by atoms with Crippen LogP contribution in [0.25, 0.3) is 0 Å². The molecular weight excluding hydrogens is 275 g/mol. The van der Waals surface area contributed by atoms with Gasteiger partial charge in [-0.3, -0.25) is 4.79 Å². The molecule has 2 nitrogen and oxygen atoms in total. The zero-order valence-corrected chi connectivity index (χ0v) is 14.1. The Hall–Kier alpha value is -0.250. The maximum absolute atomic E-state index is 13.8. The minimum absolute atomic E-state index is 0.0779. The third-order valence-corrected chi connectivity index (χ3v) is 4.87. The third kappa shape index (κ3) is 10.5. The summed E-state index contributed by atoms with van der Waals surface area (Å²) in [5.41, 5.74) is 0. The van der Waals surface area contributed by atoms with Gasteiger partial charge in [0.15, 0.2) is 0 Å². The van der Waals surface area contributed by atoms with Crippen molar-refractivity contribution in [1.29, 1.82) is 0 Å². The SMILES string of the molecule is CCCCCCC(F)CC(C)SC(CCCC)C(=O)O. The molecule has 0 fully saturated rings. The zero-order chi connectivity index (χ0) is 15.4. The minimum Gasteiger partial charge on any atom is -0.480 e. The Kier molecular flexibility index (Phi) is 12.3. The van der Waals surface area contributed by atoms with Crippen LogP contribution in [0.15, 0.2) is 0 Å². The van der Waals surface area contributed by atoms with Gasteiger partial charge in [-0.25, -0.2) is 4.39 Å². The summed E-state index contributed by atoms with van der Waals surface area (Å²) in [6.45, 7) is 6.15. The Balaban J connectivity index is 3.92. The molecule has 3 atom stereocenters. The number of unbranched alkanes of at least 4 members (excludes halogenated alkanes) is 4. The van der Waals surface area contributed by atoms with Gasteiger partial charge in [-0.15, -0.1) is 11.8 Å². The quantitative estimate of drug-likeness (QED) is 0.460. The Labute approximate surface area is 127 Å². The fraction of sp³-hybridized carbons (Fsp3) is 0.938. The van der Waals surface area contributed by atoms with E-state index >= 15 is 0 Å². The van der Waals surface area contributed by atoms with Crippen LogP contribution in [-0.4, -0.2) is 27.7 Å². The van der Waals surface area contributed by atoms with Crippen molar-refractivity contribution in [3.8, 4) is 0 Å². The molecular formula is C16H31FO2S. The Morgan fingerprint density at radius 1 is 1.10 bits per heavy atom. The molecule has 0 saturated heterocycles. The first-order valence-corrected chi connectivity index (χ1v) is 8.97. The molecule has 0 amide bonds. The molecule has 120 valence electrons. The summed E-state index contributed by atoms with van der Waals surface area (Å²) in [4.78, 5) is 11.2. The average molecular weight is 306 g/mol. The lowest BCUT2D eigenvalue weighted by molar-refractivity contribution is -0.136. The standard InChI is InChI=1S/C16H31FO2S/c1-4-6-8-9-10-14(17)12-13(3)20-15(16(18)19)11-7-5-2/h13-15H,4-12H2,1-3H3,(H,18,19). The van der Waals surface area contributed by atoms with Gasteiger partial charge >= 0.3 is 5.97 Å². The summed E-state index contributed by atoms with van der Waals surface area (Å²) in [7, 11) is 0. The molecule has 0 aromatic carbocycles. The van der Waals surface area contributed by atoms with Gasteiger partial charge in [-0.05, 0) is 19.3 Å². The van der Waals surface area contributed by atoms with E-state index in [4.69, 9.17) is 5.11 Å². The van der Waals surface area contributed by atoms with Gasteiger partial charge in [-0.2, -0.15) is 0 Å². The van der Waals surface area contributed by atoms with Crippen molar-refractivity contribution in [2.24, 2.45) is 0 Å². The number of carbonyl (C=O) groups is 1. The van der Waals surface area contributed by atoms with Crippen molar-refractivity contribution in [1.82, 2.24) is 0 Å². The predicted molar refractivity (Wildman–Crippen MR) is 86.3 cm³/mol. The molecule has 0 heterocycles. The van der Waals surface area contributed by atoms with E-state index in [1.807, 2.05) is 6.92 Å². The molecule has 0 aromatic heterocycles. The van der Waals surface area contributed by atoms with Gasteiger partial charge in [0, 0.05) is 5.25 Å². The van der Waals surface area contributed by atoms with Gasteiger partial charge in [0.2, 0.25) is 0 Å². The largest absolute Gasteiger partial charge is 0.480 e. The second kappa shape index (κ2) is 12.5. The molecule has 0 aliphatic heterocycles. The first-order valence-electron chi connectivity index (χ1n) is 8.03. The van der Waals surface area contributed by atoms with E-state index in [0.717, 1.165) is 25.7 Å². The smallest absolute Gasteiger partial charge is 0.316 e. The summed E-state index contributed by atoms with van der Waals surface area (Å²) in [6, 6.07) is 0. The lowest BCUT2D eigenvalue weighted by Crippen LogP contribution is -2.21. The van der Waals surface area contributed by atoms with Crippen LogP contribution >= 0.6 is 11.8 Å². The molecule has 20 heavy (non-hydrogen) atoms. The molecule has 0 aliphatic rings. The summed E-state index contributed by atoms with van der Waals surface area (Å²) in [5, 5.41) is 8.87. The van der Waals surface area contributed by atoms with Crippen LogP contribution < -0.4 is 0 Å². The highest BCUT2D eigenvalue weighted by Crippen LogP contribution is 2.27. The number of carboxylic acid groups (broad SMARTS) is 1. The number of hydrogen-bond donors (Lipinski definition) is 1. The number of halogens is 1. The second-order valence-electron chi connectivity index (χ2n) is 5.60. The number of carboxylic acids is 1. The van der Waals surface area contributed by atoms with Crippen LogP contribution in [0.1, 0.15) is 78.6 Å². The maximum Gasteiger partial charge on any atom is 0.316 e. The highest BCUT2D eigenvalue weighted by molar-refractivity contribution is 8.01. The molecule has 3 unspecified atom stereocenters. The fourth-order valence-corrected chi connectivity index (χ4v) is 3.55. The van der Waals surface area contributed by atoms with E-state index in [-0.39, 0.29) is 10.5 Å². The van der Waals surface area contributed by atoms with E-state index in [0.29, 0.717) is 19.3 Å². The van der Waals surface area contributed by atoms with Crippen LogP contribution in [0.2, 0.25) is 0 Å². The molecule has 0 saturated carbocycles. The van der Waals surface area contributed by atoms with Gasteiger partial charge < -0.3 is 5.11 Å². The average Bonchev–Trinajstić information content (AvgIpc) is 2.39. The number of thioether (sulfide) groups is 1. The van der Waals surface area contributed by atoms with Crippen molar-refractivity contribution in [3.63, 3.8) is 0 Å². The molecule has 0 rings (SSSR count). The number of rotatable bonds is 13. The Morgan fingerprint density at radius 2 is 1.75 bits per heavy atom. The summed E-state index contributed by atoms with van der Waals surface area (Å²) in [5.74, 6) is -0.756. The highest BCUT2D eigenvalue weighted by Gasteiger charge is 2.22. The molecule has 4 heteroatoms. The lowest BCUT2D eigenvalue weighted by Gasteiger charge is -2.19. The maximum atomic E-state index is 13.8. The second-order valence-corrected chi connectivity index (χ2v) is 7.24. The van der Waals surface area contributed by atoms with Crippen molar-refractivity contribution in [2.75, 3.05) is 0 Å². The van der Waals surface area contributed by atoms with E-state index in [2.05, 4.69) is 13.8 Å². The number of hydrogen-bond acceptors (Lipinski definition) is 2. The fourth-order valence-electron chi connectivity index (χ4n) is 2.25. The monoisotopic (exact) mass is 306 g/mol. The number of alkyl halides is 1. The normalized spacial score (nSPS) is 15.8. The molecule has 0 radical (unpaired) electrons. The first-order chi connectivity index (χ1) is 9.51. The van der Waals surface area contributed by atoms with Crippen molar-refractivity contribution < 1.29 is 14.3 Å². The van der Waals surface area contributed by atoms with E-state index in [1.54, 1.807) is 0 Å². The predicted octanol–water partition coefficient (Wildman–Crippen LogP) is 5.45. The topological polar surface area (TPSA) is 37.3 Å².